The van der Waals surface area contributed by atoms with Gasteiger partial charge in [0.2, 0.25) is 0 Å². The number of primary amides is 1. The van der Waals surface area contributed by atoms with Crippen molar-refractivity contribution in [3.05, 3.63) is 29.8 Å². The molecule has 1 atom stereocenters. The molecule has 0 radical (unpaired) electrons. The van der Waals surface area contributed by atoms with Crippen molar-refractivity contribution >= 4 is 11.9 Å². The van der Waals surface area contributed by atoms with Gasteiger partial charge in [-0.25, -0.2) is 4.99 Å². The summed E-state index contributed by atoms with van der Waals surface area (Å²) in [4.78, 5) is 15.4. The second kappa shape index (κ2) is 9.27. The predicted octanol–water partition coefficient (Wildman–Crippen LogP) is 1.17. The van der Waals surface area contributed by atoms with Gasteiger partial charge < -0.3 is 25.8 Å². The highest BCUT2D eigenvalue weighted by atomic mass is 16.5. The van der Waals surface area contributed by atoms with E-state index in [0.29, 0.717) is 12.3 Å². The van der Waals surface area contributed by atoms with Crippen LogP contribution in [0.1, 0.15) is 32.3 Å². The van der Waals surface area contributed by atoms with E-state index in [1.807, 2.05) is 25.1 Å². The molecule has 1 aliphatic heterocycles. The molecule has 4 N–H and O–H groups in total. The number of hydrogen-bond acceptors (Lipinski definition) is 4. The number of guanidine groups is 1. The SMILES string of the molecule is CCNC(=NCc1cccc(OCC(N)=O)c1)NCC1(C)CCCO1. The number of nitrogens with two attached hydrogens (primary N) is 1. The number of benzene rings is 1. The number of amides is 1. The lowest BCUT2D eigenvalue weighted by molar-refractivity contribution is -0.119. The molecule has 1 fully saturated rings. The van der Waals surface area contributed by atoms with Crippen molar-refractivity contribution < 1.29 is 14.3 Å². The topological polar surface area (TPSA) is 98.0 Å². The van der Waals surface area contributed by atoms with Gasteiger partial charge in [0, 0.05) is 19.7 Å². The van der Waals surface area contributed by atoms with Crippen LogP contribution in [0.2, 0.25) is 0 Å². The Labute approximate surface area is 149 Å². The Balaban J connectivity index is 1.93. The molecule has 0 spiro atoms. The maximum absolute atomic E-state index is 10.8. The van der Waals surface area contributed by atoms with Gasteiger partial charge in [0.05, 0.1) is 12.1 Å². The molecule has 0 aromatic heterocycles. The quantitative estimate of drug-likeness (QED) is 0.484. The van der Waals surface area contributed by atoms with Gasteiger partial charge in [-0.15, -0.1) is 0 Å². The highest BCUT2D eigenvalue weighted by molar-refractivity contribution is 5.79. The van der Waals surface area contributed by atoms with Crippen LogP contribution in [0.4, 0.5) is 0 Å². The summed E-state index contributed by atoms with van der Waals surface area (Å²) in [6, 6.07) is 7.48. The third-order valence-electron chi connectivity index (χ3n) is 3.97. The third-order valence-corrected chi connectivity index (χ3v) is 3.97. The van der Waals surface area contributed by atoms with Crippen molar-refractivity contribution in [3.63, 3.8) is 0 Å². The van der Waals surface area contributed by atoms with Crippen LogP contribution in [0.25, 0.3) is 0 Å². The van der Waals surface area contributed by atoms with Crippen LogP contribution in [-0.4, -0.2) is 43.8 Å². The molecule has 1 aromatic carbocycles. The number of ether oxygens (including phenoxy) is 2. The van der Waals surface area contributed by atoms with Crippen LogP contribution in [-0.2, 0) is 16.1 Å². The fourth-order valence-corrected chi connectivity index (χ4v) is 2.65. The minimum atomic E-state index is -0.496. The van der Waals surface area contributed by atoms with E-state index in [2.05, 4.69) is 22.5 Å². The average Bonchev–Trinajstić information content (AvgIpc) is 3.03. The monoisotopic (exact) mass is 348 g/mol. The van der Waals surface area contributed by atoms with Gasteiger partial charge in [-0.2, -0.15) is 0 Å². The van der Waals surface area contributed by atoms with E-state index >= 15 is 0 Å². The van der Waals surface area contributed by atoms with E-state index in [1.165, 1.54) is 0 Å². The van der Waals surface area contributed by atoms with Crippen LogP contribution >= 0.6 is 0 Å². The minimum Gasteiger partial charge on any atom is -0.484 e. The zero-order chi connectivity index (χ0) is 18.1. The zero-order valence-electron chi connectivity index (χ0n) is 15.0. The third kappa shape index (κ3) is 6.62. The van der Waals surface area contributed by atoms with Crippen molar-refractivity contribution in [2.45, 2.75) is 38.8 Å². The van der Waals surface area contributed by atoms with Crippen molar-refractivity contribution in [2.24, 2.45) is 10.7 Å². The standard InChI is InChI=1S/C18H28N4O3/c1-3-20-17(22-13-18(2)8-5-9-25-18)21-11-14-6-4-7-15(10-14)24-12-16(19)23/h4,6-7,10H,3,5,8-9,11-13H2,1-2H3,(H2,19,23)(H2,20,21,22). The number of rotatable bonds is 8. The summed E-state index contributed by atoms with van der Waals surface area (Å²) in [5.41, 5.74) is 5.96. The fraction of sp³-hybridized carbons (Fsp3) is 0.556. The number of carbonyl (C=O) groups is 1. The van der Waals surface area contributed by atoms with Gasteiger partial charge in [0.15, 0.2) is 12.6 Å². The molecule has 7 heteroatoms. The van der Waals surface area contributed by atoms with Gasteiger partial charge in [-0.05, 0) is 44.4 Å². The second-order valence-corrected chi connectivity index (χ2v) is 6.35. The van der Waals surface area contributed by atoms with Gasteiger partial charge >= 0.3 is 0 Å². The number of carbonyl (C=O) groups excluding carboxylic acids is 1. The summed E-state index contributed by atoms with van der Waals surface area (Å²) in [6.07, 6.45) is 2.16. The first-order valence-corrected chi connectivity index (χ1v) is 8.67. The Bertz CT molecular complexity index is 598. The largest absolute Gasteiger partial charge is 0.484 e. The fourth-order valence-electron chi connectivity index (χ4n) is 2.65. The van der Waals surface area contributed by atoms with E-state index < -0.39 is 5.91 Å². The Morgan fingerprint density at radius 1 is 1.44 bits per heavy atom. The molecule has 1 heterocycles. The Morgan fingerprint density at radius 3 is 2.96 bits per heavy atom. The Morgan fingerprint density at radius 2 is 2.28 bits per heavy atom. The number of hydrogen-bond donors (Lipinski definition) is 3. The van der Waals surface area contributed by atoms with E-state index in [1.54, 1.807) is 6.07 Å². The lowest BCUT2D eigenvalue weighted by Gasteiger charge is -2.24. The lowest BCUT2D eigenvalue weighted by Crippen LogP contribution is -2.45. The molecule has 1 aliphatic rings. The molecule has 1 saturated heterocycles. The summed E-state index contributed by atoms with van der Waals surface area (Å²) in [5, 5.41) is 6.59. The minimum absolute atomic E-state index is 0.126. The second-order valence-electron chi connectivity index (χ2n) is 6.35. The average molecular weight is 348 g/mol. The first kappa shape index (κ1) is 19.1. The molecule has 1 amide bonds. The molecule has 0 bridgehead atoms. The lowest BCUT2D eigenvalue weighted by atomic mass is 10.0. The first-order chi connectivity index (χ1) is 12.0. The molecular formula is C18H28N4O3. The van der Waals surface area contributed by atoms with Crippen LogP contribution in [0.3, 0.4) is 0 Å². The van der Waals surface area contributed by atoms with Gasteiger partial charge in [-0.1, -0.05) is 12.1 Å². The summed E-state index contributed by atoms with van der Waals surface area (Å²) in [6.45, 7) is 6.85. The molecule has 138 valence electrons. The van der Waals surface area contributed by atoms with Crippen LogP contribution in [0.15, 0.2) is 29.3 Å². The number of nitrogens with zero attached hydrogens (tertiary/aromatic N) is 1. The highest BCUT2D eigenvalue weighted by Gasteiger charge is 2.29. The normalized spacial score (nSPS) is 20.3. The summed E-state index contributed by atoms with van der Waals surface area (Å²) < 4.78 is 11.1. The van der Waals surface area contributed by atoms with E-state index in [0.717, 1.165) is 44.1 Å². The van der Waals surface area contributed by atoms with Crippen molar-refractivity contribution in [2.75, 3.05) is 26.3 Å². The van der Waals surface area contributed by atoms with Crippen molar-refractivity contribution in [3.8, 4) is 5.75 Å². The molecule has 1 unspecified atom stereocenters. The molecule has 1 aromatic rings. The molecule has 25 heavy (non-hydrogen) atoms. The van der Waals surface area contributed by atoms with Crippen LogP contribution in [0.5, 0.6) is 5.75 Å². The highest BCUT2D eigenvalue weighted by Crippen LogP contribution is 2.23. The zero-order valence-corrected chi connectivity index (χ0v) is 15.0. The Kier molecular flexibility index (Phi) is 7.06. The predicted molar refractivity (Wildman–Crippen MR) is 97.5 cm³/mol. The molecule has 2 rings (SSSR count). The number of aliphatic imine (C=N–C) groups is 1. The summed E-state index contributed by atoms with van der Waals surface area (Å²) >= 11 is 0. The maximum atomic E-state index is 10.8. The first-order valence-electron chi connectivity index (χ1n) is 8.67. The van der Waals surface area contributed by atoms with Crippen molar-refractivity contribution in [1.82, 2.24) is 10.6 Å². The summed E-state index contributed by atoms with van der Waals surface area (Å²) in [5.74, 6) is 0.865. The maximum Gasteiger partial charge on any atom is 0.255 e. The Hall–Kier alpha value is -2.28. The van der Waals surface area contributed by atoms with Crippen molar-refractivity contribution in [1.29, 1.82) is 0 Å². The molecule has 7 nitrogen and oxygen atoms in total. The molecule has 0 saturated carbocycles. The van der Waals surface area contributed by atoms with E-state index in [-0.39, 0.29) is 12.2 Å². The smallest absolute Gasteiger partial charge is 0.255 e. The molecular weight excluding hydrogens is 320 g/mol. The molecule has 0 aliphatic carbocycles. The van der Waals surface area contributed by atoms with Gasteiger partial charge in [0.25, 0.3) is 5.91 Å². The van der Waals surface area contributed by atoms with Crippen LogP contribution < -0.4 is 21.1 Å². The van der Waals surface area contributed by atoms with Gasteiger partial charge in [-0.3, -0.25) is 4.79 Å². The van der Waals surface area contributed by atoms with Gasteiger partial charge in [0.1, 0.15) is 5.75 Å². The van der Waals surface area contributed by atoms with E-state index in [4.69, 9.17) is 15.2 Å². The number of nitrogens with one attached hydrogen (secondary N) is 2. The van der Waals surface area contributed by atoms with Crippen LogP contribution in [0, 0.1) is 0 Å². The van der Waals surface area contributed by atoms with E-state index in [9.17, 15) is 4.79 Å². The summed E-state index contributed by atoms with van der Waals surface area (Å²) in [7, 11) is 0.